The van der Waals surface area contributed by atoms with Crippen LogP contribution in [0.15, 0.2) is 27.5 Å². The summed E-state index contributed by atoms with van der Waals surface area (Å²) in [5.41, 5.74) is 0.493. The number of aromatic carboxylic acids is 1. The predicted octanol–water partition coefficient (Wildman–Crippen LogP) is 1.92. The van der Waals surface area contributed by atoms with E-state index in [9.17, 15) is 13.2 Å². The van der Waals surface area contributed by atoms with Gasteiger partial charge in [-0.05, 0) is 12.1 Å². The molecule has 1 aromatic carbocycles. The number of fused-ring (bicyclic) bond motifs is 1. The summed E-state index contributed by atoms with van der Waals surface area (Å²) >= 11 is 0. The first-order valence-electron chi connectivity index (χ1n) is 5.36. The Morgan fingerprint density at radius 3 is 2.39 bits per heavy atom. The van der Waals surface area contributed by atoms with Gasteiger partial charge in [0.2, 0.25) is 0 Å². The van der Waals surface area contributed by atoms with Crippen LogP contribution in [0, 0.1) is 5.41 Å². The zero-order chi connectivity index (χ0) is 13.7. The molecular weight excluding hydrogens is 254 g/mol. The van der Waals surface area contributed by atoms with E-state index in [2.05, 4.69) is 4.40 Å². The lowest BCUT2D eigenvalue weighted by atomic mass is 9.85. The van der Waals surface area contributed by atoms with E-state index in [-0.39, 0.29) is 10.5 Å². The summed E-state index contributed by atoms with van der Waals surface area (Å²) in [6.07, 6.45) is 0. The number of carboxylic acid groups (broad SMARTS) is 1. The molecule has 0 bridgehead atoms. The minimum atomic E-state index is -3.77. The van der Waals surface area contributed by atoms with E-state index in [0.29, 0.717) is 11.3 Å². The van der Waals surface area contributed by atoms with Gasteiger partial charge in [-0.25, -0.2) is 4.79 Å². The van der Waals surface area contributed by atoms with Gasteiger partial charge in [-0.1, -0.05) is 26.8 Å². The Morgan fingerprint density at radius 2 is 1.89 bits per heavy atom. The van der Waals surface area contributed by atoms with Crippen molar-refractivity contribution in [3.63, 3.8) is 0 Å². The third-order valence-corrected chi connectivity index (χ3v) is 4.00. The third-order valence-electron chi connectivity index (χ3n) is 2.68. The maximum atomic E-state index is 11.9. The topological polar surface area (TPSA) is 83.8 Å². The van der Waals surface area contributed by atoms with Gasteiger partial charge in [0, 0.05) is 11.0 Å². The van der Waals surface area contributed by atoms with Crippen molar-refractivity contribution in [1.82, 2.24) is 0 Å². The monoisotopic (exact) mass is 267 g/mol. The summed E-state index contributed by atoms with van der Waals surface area (Å²) in [6.45, 7) is 5.59. The molecule has 0 amide bonds. The van der Waals surface area contributed by atoms with E-state index in [1.165, 1.54) is 12.1 Å². The van der Waals surface area contributed by atoms with Gasteiger partial charge in [-0.2, -0.15) is 12.8 Å². The Morgan fingerprint density at radius 1 is 1.28 bits per heavy atom. The highest BCUT2D eigenvalue weighted by molar-refractivity contribution is 7.90. The molecule has 6 heteroatoms. The molecule has 0 fully saturated rings. The average Bonchev–Trinajstić information content (AvgIpc) is 2.50. The number of hydrogen-bond acceptors (Lipinski definition) is 3. The standard InChI is InChI=1S/C12H13NO4S/c1-12(2,3)10-8-5-4-7(11(14)15)6-9(8)18(16,17)13-10/h4-6H,1-3H3,(H,14,15). The summed E-state index contributed by atoms with van der Waals surface area (Å²) in [7, 11) is -3.77. The first-order chi connectivity index (χ1) is 8.13. The molecule has 0 aliphatic carbocycles. The van der Waals surface area contributed by atoms with E-state index >= 15 is 0 Å². The van der Waals surface area contributed by atoms with Crippen molar-refractivity contribution < 1.29 is 18.3 Å². The van der Waals surface area contributed by atoms with Crippen LogP contribution in [0.1, 0.15) is 36.7 Å². The summed E-state index contributed by atoms with van der Waals surface area (Å²) in [6, 6.07) is 4.06. The Bertz CT molecular complexity index is 666. The molecule has 5 nitrogen and oxygen atoms in total. The Balaban J connectivity index is 2.71. The Kier molecular flexibility index (Phi) is 2.59. The quantitative estimate of drug-likeness (QED) is 0.842. The van der Waals surface area contributed by atoms with E-state index in [1.54, 1.807) is 0 Å². The van der Waals surface area contributed by atoms with Crippen molar-refractivity contribution in [2.24, 2.45) is 9.81 Å². The second-order valence-electron chi connectivity index (χ2n) is 5.18. The lowest BCUT2D eigenvalue weighted by Crippen LogP contribution is -2.19. The molecule has 0 unspecified atom stereocenters. The largest absolute Gasteiger partial charge is 0.478 e. The van der Waals surface area contributed by atoms with Crippen LogP contribution in [0.4, 0.5) is 0 Å². The van der Waals surface area contributed by atoms with Crippen molar-refractivity contribution in [2.75, 3.05) is 0 Å². The fourth-order valence-electron chi connectivity index (χ4n) is 1.82. The summed E-state index contributed by atoms with van der Waals surface area (Å²) in [5, 5.41) is 8.88. The summed E-state index contributed by atoms with van der Waals surface area (Å²) in [5.74, 6) is -1.16. The minimum Gasteiger partial charge on any atom is -0.478 e. The van der Waals surface area contributed by atoms with Crippen molar-refractivity contribution in [2.45, 2.75) is 25.7 Å². The maximum absolute atomic E-state index is 11.9. The zero-order valence-electron chi connectivity index (χ0n) is 10.3. The molecule has 1 aromatic rings. The normalized spacial score (nSPS) is 17.2. The lowest BCUT2D eigenvalue weighted by Gasteiger charge is -2.18. The van der Waals surface area contributed by atoms with Crippen molar-refractivity contribution in [3.8, 4) is 0 Å². The van der Waals surface area contributed by atoms with Gasteiger partial charge in [0.25, 0.3) is 10.0 Å². The van der Waals surface area contributed by atoms with Crippen molar-refractivity contribution in [3.05, 3.63) is 29.3 Å². The van der Waals surface area contributed by atoms with Crippen LogP contribution in [0.25, 0.3) is 0 Å². The second kappa shape index (κ2) is 3.65. The Hall–Kier alpha value is -1.69. The molecule has 96 valence electrons. The number of carboxylic acids is 1. The van der Waals surface area contributed by atoms with Gasteiger partial charge in [-0.3, -0.25) is 0 Å². The third kappa shape index (κ3) is 1.92. The number of hydrogen-bond donors (Lipinski definition) is 1. The van der Waals surface area contributed by atoms with Crippen LogP contribution in [0.2, 0.25) is 0 Å². The molecule has 1 heterocycles. The van der Waals surface area contributed by atoms with E-state index in [4.69, 9.17) is 5.11 Å². The summed E-state index contributed by atoms with van der Waals surface area (Å²) < 4.78 is 27.6. The van der Waals surface area contributed by atoms with Crippen LogP contribution in [-0.4, -0.2) is 25.2 Å². The van der Waals surface area contributed by atoms with Crippen LogP contribution in [0.3, 0.4) is 0 Å². The van der Waals surface area contributed by atoms with Gasteiger partial charge in [0.1, 0.15) is 0 Å². The van der Waals surface area contributed by atoms with Gasteiger partial charge < -0.3 is 5.11 Å². The molecule has 2 rings (SSSR count). The van der Waals surface area contributed by atoms with Crippen LogP contribution in [0.5, 0.6) is 0 Å². The van der Waals surface area contributed by atoms with Gasteiger partial charge in [0.15, 0.2) is 0 Å². The highest BCUT2D eigenvalue weighted by Crippen LogP contribution is 2.34. The van der Waals surface area contributed by atoms with Gasteiger partial charge in [-0.15, -0.1) is 0 Å². The number of carbonyl (C=O) groups is 1. The molecule has 1 aliphatic heterocycles. The highest BCUT2D eigenvalue weighted by atomic mass is 32.2. The molecule has 0 saturated carbocycles. The van der Waals surface area contributed by atoms with Gasteiger partial charge >= 0.3 is 5.97 Å². The molecule has 18 heavy (non-hydrogen) atoms. The van der Waals surface area contributed by atoms with E-state index in [1.807, 2.05) is 20.8 Å². The van der Waals surface area contributed by atoms with Crippen molar-refractivity contribution >= 4 is 21.7 Å². The molecule has 0 aromatic heterocycles. The second-order valence-corrected chi connectivity index (χ2v) is 6.75. The number of nitrogens with zero attached hydrogens (tertiary/aromatic N) is 1. The van der Waals surface area contributed by atoms with E-state index in [0.717, 1.165) is 6.07 Å². The maximum Gasteiger partial charge on any atom is 0.335 e. The molecule has 0 saturated heterocycles. The molecule has 0 spiro atoms. The van der Waals surface area contributed by atoms with Crippen LogP contribution in [-0.2, 0) is 10.0 Å². The fraction of sp³-hybridized carbons (Fsp3) is 0.333. The van der Waals surface area contributed by atoms with E-state index < -0.39 is 21.4 Å². The van der Waals surface area contributed by atoms with Gasteiger partial charge in [0.05, 0.1) is 16.2 Å². The minimum absolute atomic E-state index is 0.0210. The molecular formula is C12H13NO4S. The number of rotatable bonds is 1. The first-order valence-corrected chi connectivity index (χ1v) is 6.80. The highest BCUT2D eigenvalue weighted by Gasteiger charge is 2.35. The molecule has 0 atom stereocenters. The molecule has 1 aliphatic rings. The summed E-state index contributed by atoms with van der Waals surface area (Å²) in [4.78, 5) is 10.8. The first kappa shape index (κ1) is 12.8. The fourth-order valence-corrected chi connectivity index (χ4v) is 3.25. The van der Waals surface area contributed by atoms with Crippen molar-refractivity contribution in [1.29, 1.82) is 0 Å². The number of benzene rings is 1. The predicted molar refractivity (Wildman–Crippen MR) is 66.6 cm³/mol. The molecule has 0 radical (unpaired) electrons. The number of sulfonamides is 1. The SMILES string of the molecule is CC(C)(C)C1=NS(=O)(=O)c2cc(C(=O)O)ccc21. The molecule has 1 N–H and O–H groups in total. The zero-order valence-corrected chi connectivity index (χ0v) is 11.1. The van der Waals surface area contributed by atoms with Crippen LogP contribution >= 0.6 is 0 Å². The Labute approximate surface area is 105 Å². The smallest absolute Gasteiger partial charge is 0.335 e. The lowest BCUT2D eigenvalue weighted by molar-refractivity contribution is 0.0696. The van der Waals surface area contributed by atoms with Crippen LogP contribution < -0.4 is 0 Å². The average molecular weight is 267 g/mol.